The van der Waals surface area contributed by atoms with Gasteiger partial charge in [0.15, 0.2) is 0 Å². The summed E-state index contributed by atoms with van der Waals surface area (Å²) in [6, 6.07) is 6.25. The molecule has 0 aromatic heterocycles. The Kier molecular flexibility index (Phi) is 11.1. The summed E-state index contributed by atoms with van der Waals surface area (Å²) in [6.07, 6.45) is 11.9. The van der Waals surface area contributed by atoms with E-state index in [1.165, 1.54) is 11.1 Å². The van der Waals surface area contributed by atoms with Crippen LogP contribution in [0.25, 0.3) is 0 Å². The monoisotopic (exact) mass is 488 g/mol. The molecule has 2 radical (unpaired) electrons. The number of aryl methyl sites for hydroxylation is 2. The van der Waals surface area contributed by atoms with E-state index in [0.29, 0.717) is 25.6 Å². The normalized spacial score (nSPS) is 24.9. The lowest BCUT2D eigenvalue weighted by Gasteiger charge is -2.21. The van der Waals surface area contributed by atoms with E-state index in [9.17, 15) is 15.0 Å². The molecule has 4 nitrogen and oxygen atoms in total. The van der Waals surface area contributed by atoms with Crippen LogP contribution in [-0.4, -0.2) is 41.3 Å². The molecule has 3 N–H and O–H groups in total. The number of carboxylic acids is 1. The predicted octanol–water partition coefficient (Wildman–Crippen LogP) is 5.01. The van der Waals surface area contributed by atoms with E-state index in [1.54, 1.807) is 0 Å². The van der Waals surface area contributed by atoms with Crippen molar-refractivity contribution in [1.29, 1.82) is 0 Å². The van der Waals surface area contributed by atoms with Crippen molar-refractivity contribution < 1.29 is 20.1 Å². The van der Waals surface area contributed by atoms with E-state index >= 15 is 0 Å². The van der Waals surface area contributed by atoms with Crippen LogP contribution in [0.3, 0.4) is 0 Å². The van der Waals surface area contributed by atoms with E-state index in [1.807, 2.05) is 30.4 Å². The van der Waals surface area contributed by atoms with Crippen molar-refractivity contribution in [1.82, 2.24) is 0 Å². The molecule has 1 unspecified atom stereocenters. The standard InChI is InChI=1S/C25H34BBrO4/c1-17-14-18(9-13-23(17)27)8-10-20(28)11-12-21-19(16-26)15-24(29)22(21)6-4-2-3-5-7-25(30)31/h2,4,9,11-14,19-22,24,28-29H,3,5-8,10,15-16H2,1H3,(H,30,31)/b4-2-,12-11+/t19-,20-,21-,22+,24?/m0/s1. The van der Waals surface area contributed by atoms with E-state index in [0.717, 1.165) is 23.7 Å². The second kappa shape index (κ2) is 13.2. The fourth-order valence-corrected chi connectivity index (χ4v) is 4.63. The third kappa shape index (κ3) is 8.59. The molecule has 0 heterocycles. The molecule has 1 aromatic carbocycles. The van der Waals surface area contributed by atoms with Gasteiger partial charge in [-0.3, -0.25) is 4.79 Å². The van der Waals surface area contributed by atoms with Crippen molar-refractivity contribution in [3.05, 3.63) is 58.1 Å². The summed E-state index contributed by atoms with van der Waals surface area (Å²) in [4.78, 5) is 10.6. The zero-order chi connectivity index (χ0) is 22.8. The highest BCUT2D eigenvalue weighted by Gasteiger charge is 2.39. The number of hydrogen-bond acceptors (Lipinski definition) is 3. The number of aliphatic hydroxyl groups is 2. The second-order valence-corrected chi connectivity index (χ2v) is 9.46. The fraction of sp³-hybridized carbons (Fsp3) is 0.560. The van der Waals surface area contributed by atoms with Crippen LogP contribution >= 0.6 is 15.9 Å². The van der Waals surface area contributed by atoms with Crippen LogP contribution in [0.4, 0.5) is 0 Å². The van der Waals surface area contributed by atoms with Crippen molar-refractivity contribution in [3.63, 3.8) is 0 Å². The molecule has 1 aliphatic rings. The van der Waals surface area contributed by atoms with Gasteiger partial charge < -0.3 is 15.3 Å². The Bertz CT molecular complexity index is 764. The Morgan fingerprint density at radius 3 is 2.81 bits per heavy atom. The Morgan fingerprint density at radius 2 is 2.13 bits per heavy atom. The Balaban J connectivity index is 1.89. The number of rotatable bonds is 12. The van der Waals surface area contributed by atoms with Gasteiger partial charge in [-0.2, -0.15) is 0 Å². The van der Waals surface area contributed by atoms with Crippen LogP contribution in [0.5, 0.6) is 0 Å². The minimum Gasteiger partial charge on any atom is -0.481 e. The molecule has 0 amide bonds. The number of carbonyl (C=O) groups is 1. The maximum absolute atomic E-state index is 10.6. The lowest BCUT2D eigenvalue weighted by atomic mass is 9.79. The highest BCUT2D eigenvalue weighted by Crippen LogP contribution is 2.42. The number of aliphatic carboxylic acids is 1. The predicted molar refractivity (Wildman–Crippen MR) is 129 cm³/mol. The molecule has 1 aliphatic carbocycles. The highest BCUT2D eigenvalue weighted by molar-refractivity contribution is 9.10. The summed E-state index contributed by atoms with van der Waals surface area (Å²) in [7, 11) is 5.95. The van der Waals surface area contributed by atoms with Gasteiger partial charge in [-0.05, 0) is 80.4 Å². The number of benzene rings is 1. The lowest BCUT2D eigenvalue weighted by molar-refractivity contribution is -0.137. The summed E-state index contributed by atoms with van der Waals surface area (Å²) < 4.78 is 1.09. The van der Waals surface area contributed by atoms with Gasteiger partial charge in [0, 0.05) is 10.9 Å². The van der Waals surface area contributed by atoms with Gasteiger partial charge in [0.2, 0.25) is 0 Å². The van der Waals surface area contributed by atoms with Crippen molar-refractivity contribution in [3.8, 4) is 0 Å². The van der Waals surface area contributed by atoms with Gasteiger partial charge in [0.05, 0.1) is 20.1 Å². The van der Waals surface area contributed by atoms with Crippen molar-refractivity contribution in [2.24, 2.45) is 17.8 Å². The minimum absolute atomic E-state index is 0.0712. The number of allylic oxidation sites excluding steroid dienone is 3. The third-order valence-corrected chi connectivity index (χ3v) is 7.11. The molecule has 0 spiro atoms. The number of halogens is 1. The Labute approximate surface area is 196 Å². The van der Waals surface area contributed by atoms with Gasteiger partial charge in [-0.15, -0.1) is 0 Å². The summed E-state index contributed by atoms with van der Waals surface area (Å²) in [5.41, 5.74) is 2.39. The van der Waals surface area contributed by atoms with Gasteiger partial charge >= 0.3 is 5.97 Å². The van der Waals surface area contributed by atoms with Gasteiger partial charge in [-0.1, -0.05) is 58.7 Å². The van der Waals surface area contributed by atoms with Crippen LogP contribution in [0.15, 0.2) is 47.0 Å². The largest absolute Gasteiger partial charge is 0.481 e. The zero-order valence-corrected chi connectivity index (χ0v) is 19.9. The molecule has 31 heavy (non-hydrogen) atoms. The molecule has 1 saturated carbocycles. The van der Waals surface area contributed by atoms with Crippen LogP contribution < -0.4 is 0 Å². The lowest BCUT2D eigenvalue weighted by Crippen LogP contribution is -2.19. The average Bonchev–Trinajstić information content (AvgIpc) is 3.04. The number of hydrogen-bond donors (Lipinski definition) is 3. The first-order chi connectivity index (χ1) is 14.8. The minimum atomic E-state index is -0.774. The Morgan fingerprint density at radius 1 is 1.35 bits per heavy atom. The first-order valence-electron chi connectivity index (χ1n) is 11.2. The Hall–Kier alpha value is -1.37. The van der Waals surface area contributed by atoms with E-state index in [4.69, 9.17) is 13.0 Å². The highest BCUT2D eigenvalue weighted by atomic mass is 79.9. The zero-order valence-electron chi connectivity index (χ0n) is 18.3. The van der Waals surface area contributed by atoms with Gasteiger partial charge in [0.25, 0.3) is 0 Å². The number of aliphatic hydroxyl groups excluding tert-OH is 2. The van der Waals surface area contributed by atoms with E-state index in [-0.39, 0.29) is 24.2 Å². The van der Waals surface area contributed by atoms with Gasteiger partial charge in [0.1, 0.15) is 0 Å². The molecule has 5 atom stereocenters. The number of unbranched alkanes of at least 4 members (excludes halogenated alkanes) is 1. The fourth-order valence-electron chi connectivity index (χ4n) is 4.39. The molecular weight excluding hydrogens is 455 g/mol. The smallest absolute Gasteiger partial charge is 0.303 e. The summed E-state index contributed by atoms with van der Waals surface area (Å²) >= 11 is 3.51. The maximum Gasteiger partial charge on any atom is 0.303 e. The topological polar surface area (TPSA) is 77.8 Å². The quantitative estimate of drug-likeness (QED) is 0.219. The first kappa shape index (κ1) is 25.9. The first-order valence-corrected chi connectivity index (χ1v) is 12.0. The van der Waals surface area contributed by atoms with Crippen LogP contribution in [-0.2, 0) is 11.2 Å². The molecular formula is C25H34BBrO4. The molecule has 0 saturated heterocycles. The molecule has 1 aromatic rings. The number of carboxylic acid groups (broad SMARTS) is 1. The van der Waals surface area contributed by atoms with Gasteiger partial charge in [-0.25, -0.2) is 0 Å². The molecule has 1 fully saturated rings. The molecule has 2 rings (SSSR count). The third-order valence-electron chi connectivity index (χ3n) is 6.22. The average molecular weight is 489 g/mol. The molecule has 168 valence electrons. The van der Waals surface area contributed by atoms with Crippen LogP contribution in [0, 0.1) is 24.7 Å². The summed E-state index contributed by atoms with van der Waals surface area (Å²) in [5.74, 6) is -0.363. The summed E-state index contributed by atoms with van der Waals surface area (Å²) in [5, 5.41) is 29.7. The SMILES string of the molecule is [B]C[C@@H]1CC(O)[C@H](C/C=C\CCCC(=O)O)[C@H]1/C=C/[C@@H](O)CCc1ccc(Br)c(C)c1. The van der Waals surface area contributed by atoms with E-state index in [2.05, 4.69) is 35.0 Å². The molecule has 0 aliphatic heterocycles. The summed E-state index contributed by atoms with van der Waals surface area (Å²) in [6.45, 7) is 2.06. The van der Waals surface area contributed by atoms with Crippen molar-refractivity contribution in [2.75, 3.05) is 0 Å². The van der Waals surface area contributed by atoms with Crippen molar-refractivity contribution in [2.45, 2.75) is 70.4 Å². The van der Waals surface area contributed by atoms with Crippen LogP contribution in [0.2, 0.25) is 6.32 Å². The van der Waals surface area contributed by atoms with Crippen molar-refractivity contribution >= 4 is 29.7 Å². The van der Waals surface area contributed by atoms with E-state index < -0.39 is 18.2 Å². The van der Waals surface area contributed by atoms with Crippen LogP contribution in [0.1, 0.15) is 49.7 Å². The molecule has 6 heteroatoms. The second-order valence-electron chi connectivity index (χ2n) is 8.61. The molecule has 0 bridgehead atoms. The maximum atomic E-state index is 10.6.